The van der Waals surface area contributed by atoms with Gasteiger partial charge in [0.25, 0.3) is 5.91 Å². The van der Waals surface area contributed by atoms with Crippen molar-refractivity contribution in [2.75, 3.05) is 19.8 Å². The maximum absolute atomic E-state index is 12.0. The minimum atomic E-state index is -1.15. The number of hydrogen-bond donors (Lipinski definition) is 2. The molecule has 1 aromatic heterocycles. The van der Waals surface area contributed by atoms with Crippen molar-refractivity contribution in [1.82, 2.24) is 5.32 Å². The highest BCUT2D eigenvalue weighted by Crippen LogP contribution is 2.45. The summed E-state index contributed by atoms with van der Waals surface area (Å²) in [6.45, 7) is 2.51. The van der Waals surface area contributed by atoms with Gasteiger partial charge in [-0.3, -0.25) is 4.79 Å². The second-order valence-electron chi connectivity index (χ2n) is 6.15. The number of furan rings is 1. The Hall–Kier alpha value is -2.47. The lowest BCUT2D eigenvalue weighted by molar-refractivity contribution is -0.125. The first kappa shape index (κ1) is 17.4. The van der Waals surface area contributed by atoms with Gasteiger partial charge >= 0.3 is 0 Å². The molecule has 0 saturated heterocycles. The fourth-order valence-corrected chi connectivity index (χ4v) is 2.75. The van der Waals surface area contributed by atoms with Crippen LogP contribution in [0.25, 0.3) is 0 Å². The minimum Gasteiger partial charge on any atom is -0.494 e. The van der Waals surface area contributed by atoms with Gasteiger partial charge in [-0.2, -0.15) is 0 Å². The first-order chi connectivity index (χ1) is 12.1. The van der Waals surface area contributed by atoms with Gasteiger partial charge in [-0.05, 0) is 62.1 Å². The quantitative estimate of drug-likeness (QED) is 0.730. The molecule has 2 N–H and O–H groups in total. The van der Waals surface area contributed by atoms with Crippen molar-refractivity contribution in [3.63, 3.8) is 0 Å². The van der Waals surface area contributed by atoms with Gasteiger partial charge in [0.05, 0.1) is 19.4 Å². The first-order valence-electron chi connectivity index (χ1n) is 8.50. The lowest BCUT2D eigenvalue weighted by Gasteiger charge is -2.26. The topological polar surface area (TPSA) is 80.9 Å². The normalized spacial score (nSPS) is 16.1. The Bertz CT molecular complexity index is 678. The molecule has 2 aromatic rings. The lowest BCUT2D eigenvalue weighted by Crippen LogP contribution is -2.43. The van der Waals surface area contributed by atoms with E-state index in [4.69, 9.17) is 13.9 Å². The molecule has 6 heteroatoms. The zero-order valence-corrected chi connectivity index (χ0v) is 14.2. The van der Waals surface area contributed by atoms with Gasteiger partial charge in [0.2, 0.25) is 0 Å². The number of benzene rings is 1. The minimum absolute atomic E-state index is 0.108. The molecule has 1 atom stereocenters. The molecule has 1 aliphatic rings. The van der Waals surface area contributed by atoms with Crippen molar-refractivity contribution in [3.05, 3.63) is 48.4 Å². The number of carbonyl (C=O) groups excluding carboxylic acids is 1. The van der Waals surface area contributed by atoms with Gasteiger partial charge < -0.3 is 24.3 Å². The zero-order chi connectivity index (χ0) is 17.7. The number of amides is 1. The number of carbonyl (C=O) groups is 1. The Kier molecular flexibility index (Phi) is 5.28. The third kappa shape index (κ3) is 4.33. The molecule has 0 bridgehead atoms. The van der Waals surface area contributed by atoms with Crippen molar-refractivity contribution in [2.24, 2.45) is 5.92 Å². The van der Waals surface area contributed by atoms with Crippen LogP contribution in [0.3, 0.4) is 0 Å². The van der Waals surface area contributed by atoms with E-state index >= 15 is 0 Å². The summed E-state index contributed by atoms with van der Waals surface area (Å²) >= 11 is 0. The van der Waals surface area contributed by atoms with Gasteiger partial charge in [0, 0.05) is 0 Å². The van der Waals surface area contributed by atoms with Crippen LogP contribution in [0.15, 0.2) is 47.1 Å². The van der Waals surface area contributed by atoms with Gasteiger partial charge in [-0.15, -0.1) is 0 Å². The van der Waals surface area contributed by atoms with Crippen LogP contribution in [0.4, 0.5) is 0 Å². The SMILES string of the molecule is CCOc1ccc(OCC(=O)NCC(O)(c2ccco2)C2CC2)cc1. The summed E-state index contributed by atoms with van der Waals surface area (Å²) in [6.07, 6.45) is 3.38. The van der Waals surface area contributed by atoms with Gasteiger partial charge in [0.1, 0.15) is 22.9 Å². The number of ether oxygens (including phenoxy) is 2. The summed E-state index contributed by atoms with van der Waals surface area (Å²) in [6, 6.07) is 10.6. The van der Waals surface area contributed by atoms with Crippen LogP contribution in [0.5, 0.6) is 11.5 Å². The predicted octanol–water partition coefficient (Wildman–Crippen LogP) is 2.47. The van der Waals surface area contributed by atoms with Crippen molar-refractivity contribution in [2.45, 2.75) is 25.4 Å². The third-order valence-electron chi connectivity index (χ3n) is 4.26. The van der Waals surface area contributed by atoms with E-state index in [0.717, 1.165) is 18.6 Å². The Morgan fingerprint density at radius 1 is 1.24 bits per heavy atom. The molecular weight excluding hydrogens is 322 g/mol. The van der Waals surface area contributed by atoms with Crippen LogP contribution < -0.4 is 14.8 Å². The van der Waals surface area contributed by atoms with Crippen molar-refractivity contribution in [3.8, 4) is 11.5 Å². The maximum Gasteiger partial charge on any atom is 0.258 e. The molecule has 1 aromatic carbocycles. The molecule has 1 saturated carbocycles. The number of aliphatic hydroxyl groups is 1. The standard InChI is InChI=1S/C19H23NO5/c1-2-23-15-7-9-16(10-8-15)25-12-18(21)20-13-19(22,14-5-6-14)17-4-3-11-24-17/h3-4,7-11,14,22H,2,5-6,12-13H2,1H3,(H,20,21). The van der Waals surface area contributed by atoms with E-state index in [-0.39, 0.29) is 25.0 Å². The van der Waals surface area contributed by atoms with E-state index in [1.165, 1.54) is 6.26 Å². The van der Waals surface area contributed by atoms with Crippen LogP contribution in [0.2, 0.25) is 0 Å². The lowest BCUT2D eigenvalue weighted by atomic mass is 9.94. The van der Waals surface area contributed by atoms with Gasteiger partial charge in [-0.25, -0.2) is 0 Å². The summed E-state index contributed by atoms with van der Waals surface area (Å²) in [5, 5.41) is 13.6. The van der Waals surface area contributed by atoms with Gasteiger partial charge in [-0.1, -0.05) is 0 Å². The first-order valence-corrected chi connectivity index (χ1v) is 8.50. The van der Waals surface area contributed by atoms with Crippen LogP contribution >= 0.6 is 0 Å². The molecule has 3 rings (SSSR count). The van der Waals surface area contributed by atoms with Crippen molar-refractivity contribution < 1.29 is 23.8 Å². The fourth-order valence-electron chi connectivity index (χ4n) is 2.75. The van der Waals surface area contributed by atoms with Crippen LogP contribution in [-0.2, 0) is 10.4 Å². The molecule has 1 aliphatic carbocycles. The Balaban J connectivity index is 1.49. The molecule has 0 aliphatic heterocycles. The second kappa shape index (κ2) is 7.61. The molecule has 0 radical (unpaired) electrons. The zero-order valence-electron chi connectivity index (χ0n) is 14.2. The fraction of sp³-hybridized carbons (Fsp3) is 0.421. The van der Waals surface area contributed by atoms with Gasteiger partial charge in [0.15, 0.2) is 6.61 Å². The molecule has 1 fully saturated rings. The summed E-state index contributed by atoms with van der Waals surface area (Å²) < 4.78 is 16.2. The van der Waals surface area contributed by atoms with E-state index in [9.17, 15) is 9.90 Å². The summed E-state index contributed by atoms with van der Waals surface area (Å²) in [4.78, 5) is 12.0. The van der Waals surface area contributed by atoms with E-state index in [1.807, 2.05) is 6.92 Å². The van der Waals surface area contributed by atoms with Crippen molar-refractivity contribution in [1.29, 1.82) is 0 Å². The monoisotopic (exact) mass is 345 g/mol. The highest BCUT2D eigenvalue weighted by atomic mass is 16.5. The van der Waals surface area contributed by atoms with E-state index in [1.54, 1.807) is 36.4 Å². The number of rotatable bonds is 9. The maximum atomic E-state index is 12.0. The number of nitrogens with one attached hydrogen (secondary N) is 1. The average Bonchev–Trinajstić information content (AvgIpc) is 3.34. The van der Waals surface area contributed by atoms with E-state index in [2.05, 4.69) is 5.32 Å². The molecule has 1 heterocycles. The highest BCUT2D eigenvalue weighted by Gasteiger charge is 2.47. The summed E-state index contributed by atoms with van der Waals surface area (Å²) in [7, 11) is 0. The Morgan fingerprint density at radius 3 is 2.48 bits per heavy atom. The Labute approximate surface area is 146 Å². The average molecular weight is 345 g/mol. The van der Waals surface area contributed by atoms with Crippen LogP contribution in [0, 0.1) is 5.92 Å². The van der Waals surface area contributed by atoms with E-state index in [0.29, 0.717) is 18.1 Å². The largest absolute Gasteiger partial charge is 0.494 e. The number of hydrogen-bond acceptors (Lipinski definition) is 5. The molecule has 25 heavy (non-hydrogen) atoms. The second-order valence-corrected chi connectivity index (χ2v) is 6.15. The molecule has 6 nitrogen and oxygen atoms in total. The molecule has 1 amide bonds. The highest BCUT2D eigenvalue weighted by molar-refractivity contribution is 5.77. The smallest absolute Gasteiger partial charge is 0.258 e. The molecule has 1 unspecified atom stereocenters. The molecule has 0 spiro atoms. The molecule has 134 valence electrons. The summed E-state index contributed by atoms with van der Waals surface area (Å²) in [5.41, 5.74) is -1.15. The van der Waals surface area contributed by atoms with Crippen molar-refractivity contribution >= 4 is 5.91 Å². The third-order valence-corrected chi connectivity index (χ3v) is 4.26. The molecular formula is C19H23NO5. The van der Waals surface area contributed by atoms with Crippen LogP contribution in [0.1, 0.15) is 25.5 Å². The Morgan fingerprint density at radius 2 is 1.92 bits per heavy atom. The van der Waals surface area contributed by atoms with E-state index < -0.39 is 5.60 Å². The predicted molar refractivity (Wildman–Crippen MR) is 91.4 cm³/mol. The van der Waals surface area contributed by atoms with Crippen LogP contribution in [-0.4, -0.2) is 30.8 Å². The summed E-state index contributed by atoms with van der Waals surface area (Å²) in [5.74, 6) is 1.66.